The Morgan fingerprint density at radius 2 is 2.03 bits per heavy atom. The third kappa shape index (κ3) is 4.45. The molecular weight excluding hydrogens is 380 g/mol. The Kier molecular flexibility index (Phi) is 6.83. The van der Waals surface area contributed by atoms with Crippen LogP contribution in [0.5, 0.6) is 0 Å². The van der Waals surface area contributed by atoms with Crippen LogP contribution >= 0.6 is 0 Å². The number of hydrogen-bond donors (Lipinski definition) is 1. The van der Waals surface area contributed by atoms with Crippen molar-refractivity contribution in [2.75, 3.05) is 66.5 Å². The Balaban J connectivity index is 1.35. The summed E-state index contributed by atoms with van der Waals surface area (Å²) in [5.41, 5.74) is 3.46. The van der Waals surface area contributed by atoms with Gasteiger partial charge in [-0.3, -0.25) is 15.1 Å². The van der Waals surface area contributed by atoms with Crippen LogP contribution < -0.4 is 5.43 Å². The predicted molar refractivity (Wildman–Crippen MR) is 114 cm³/mol. The van der Waals surface area contributed by atoms with Gasteiger partial charge in [-0.15, -0.1) is 0 Å². The van der Waals surface area contributed by atoms with E-state index >= 15 is 0 Å². The molecular formula is C22H38N6O2. The van der Waals surface area contributed by atoms with Crippen LogP contribution in [0.4, 0.5) is 0 Å². The van der Waals surface area contributed by atoms with Gasteiger partial charge in [0.15, 0.2) is 6.19 Å². The number of piperazine rings is 2. The third-order valence-corrected chi connectivity index (χ3v) is 8.11. The molecule has 4 rings (SSSR count). The number of nitriles is 1. The fourth-order valence-electron chi connectivity index (χ4n) is 6.22. The number of nitrogens with zero attached hydrogens (tertiary/aromatic N) is 5. The van der Waals surface area contributed by atoms with Crippen molar-refractivity contribution >= 4 is 5.91 Å². The van der Waals surface area contributed by atoms with Gasteiger partial charge in [-0.2, -0.15) is 5.26 Å². The number of ether oxygens (including phenoxy) is 1. The summed E-state index contributed by atoms with van der Waals surface area (Å²) >= 11 is 0. The monoisotopic (exact) mass is 418 g/mol. The van der Waals surface area contributed by atoms with Gasteiger partial charge in [-0.05, 0) is 42.9 Å². The Morgan fingerprint density at radius 1 is 1.23 bits per heavy atom. The number of hydrazine groups is 1. The number of rotatable bonds is 5. The summed E-state index contributed by atoms with van der Waals surface area (Å²) in [5.74, 6) is 2.57. The van der Waals surface area contributed by atoms with Crippen molar-refractivity contribution in [3.63, 3.8) is 0 Å². The number of nitrogens with one attached hydrogen (secondary N) is 1. The third-order valence-electron chi connectivity index (χ3n) is 8.11. The highest BCUT2D eigenvalue weighted by molar-refractivity contribution is 5.83. The van der Waals surface area contributed by atoms with Crippen LogP contribution in [0.1, 0.15) is 26.2 Å². The van der Waals surface area contributed by atoms with E-state index in [0.717, 1.165) is 52.2 Å². The Labute approximate surface area is 181 Å². The molecule has 1 N–H and O–H groups in total. The Bertz CT molecular complexity index is 654. The highest BCUT2D eigenvalue weighted by Crippen LogP contribution is 2.40. The molecule has 168 valence electrons. The summed E-state index contributed by atoms with van der Waals surface area (Å²) in [5, 5.41) is 11.4. The number of hydrogen-bond acceptors (Lipinski definition) is 7. The van der Waals surface area contributed by atoms with Crippen molar-refractivity contribution < 1.29 is 9.53 Å². The smallest absolute Gasteiger partial charge is 0.241 e. The minimum Gasteiger partial charge on any atom is -0.381 e. The molecule has 0 radical (unpaired) electrons. The lowest BCUT2D eigenvalue weighted by atomic mass is 9.69. The maximum atomic E-state index is 13.2. The summed E-state index contributed by atoms with van der Waals surface area (Å²) < 4.78 is 5.88. The number of methoxy groups -OCH3 is 1. The van der Waals surface area contributed by atoms with Crippen molar-refractivity contribution in [1.29, 1.82) is 5.26 Å². The number of carbonyl (C=O) groups is 1. The van der Waals surface area contributed by atoms with Gasteiger partial charge in [0.05, 0.1) is 12.6 Å². The molecule has 0 spiro atoms. The molecule has 4 aliphatic rings. The molecule has 4 fully saturated rings. The van der Waals surface area contributed by atoms with Gasteiger partial charge in [0.2, 0.25) is 5.91 Å². The molecule has 3 aliphatic heterocycles. The summed E-state index contributed by atoms with van der Waals surface area (Å²) in [6.07, 6.45) is 6.09. The highest BCUT2D eigenvalue weighted by atomic mass is 16.5. The van der Waals surface area contributed by atoms with Gasteiger partial charge in [0.25, 0.3) is 0 Å². The van der Waals surface area contributed by atoms with E-state index in [4.69, 9.17) is 4.74 Å². The van der Waals surface area contributed by atoms with Crippen LogP contribution in [-0.2, 0) is 9.53 Å². The zero-order chi connectivity index (χ0) is 21.3. The van der Waals surface area contributed by atoms with Gasteiger partial charge in [-0.25, -0.2) is 5.01 Å². The molecule has 8 nitrogen and oxygen atoms in total. The first-order chi connectivity index (χ1) is 14.5. The van der Waals surface area contributed by atoms with Gasteiger partial charge in [0.1, 0.15) is 6.04 Å². The molecule has 0 bridgehead atoms. The lowest BCUT2D eigenvalue weighted by Gasteiger charge is -2.46. The Morgan fingerprint density at radius 3 is 2.73 bits per heavy atom. The van der Waals surface area contributed by atoms with Crippen LogP contribution in [0.25, 0.3) is 0 Å². The second-order valence-corrected chi connectivity index (χ2v) is 9.87. The average molecular weight is 419 g/mol. The fraction of sp³-hybridized carbons (Fsp3) is 0.909. The molecule has 0 aromatic heterocycles. The quantitative estimate of drug-likeness (QED) is 0.649. The second kappa shape index (κ2) is 9.39. The number of amides is 1. The molecule has 30 heavy (non-hydrogen) atoms. The minimum atomic E-state index is -0.142. The molecule has 1 aliphatic carbocycles. The van der Waals surface area contributed by atoms with Gasteiger partial charge in [-0.1, -0.05) is 6.92 Å². The zero-order valence-electron chi connectivity index (χ0n) is 18.8. The maximum absolute atomic E-state index is 13.2. The summed E-state index contributed by atoms with van der Waals surface area (Å²) in [6, 6.07) is -0.142. The van der Waals surface area contributed by atoms with Crippen molar-refractivity contribution in [3.8, 4) is 6.19 Å². The standard InChI is InChI=1S/C22H38N6O2/c1-16(12-28-9-8-27-7-6-26(15-23)14-20(27)22(28)29)17-4-5-21(30-3)19(10-17)18-11-24-25(2)13-18/h16-21,24H,4-14H2,1-3H3/t16?,17?,18?,19?,20-,21?/m1/s1. The molecule has 1 saturated carbocycles. The lowest BCUT2D eigenvalue weighted by molar-refractivity contribution is -0.145. The maximum Gasteiger partial charge on any atom is 0.241 e. The molecule has 5 unspecified atom stereocenters. The van der Waals surface area contributed by atoms with Crippen molar-refractivity contribution in [3.05, 3.63) is 0 Å². The molecule has 0 aromatic carbocycles. The summed E-state index contributed by atoms with van der Waals surface area (Å²) in [4.78, 5) is 19.2. The number of fused-ring (bicyclic) bond motifs is 1. The molecule has 8 heteroatoms. The molecule has 3 saturated heterocycles. The summed E-state index contributed by atoms with van der Waals surface area (Å²) in [6.45, 7) is 9.16. The van der Waals surface area contributed by atoms with Gasteiger partial charge in [0, 0.05) is 60.0 Å². The average Bonchev–Trinajstić information content (AvgIpc) is 3.21. The predicted octanol–water partition coefficient (Wildman–Crippen LogP) is 0.429. The highest BCUT2D eigenvalue weighted by Gasteiger charge is 2.42. The van der Waals surface area contributed by atoms with Gasteiger partial charge < -0.3 is 14.5 Å². The molecule has 0 aromatic rings. The molecule has 1 amide bonds. The van der Waals surface area contributed by atoms with Crippen LogP contribution in [-0.4, -0.2) is 104 Å². The lowest BCUT2D eigenvalue weighted by Crippen LogP contribution is -2.64. The second-order valence-electron chi connectivity index (χ2n) is 9.87. The zero-order valence-corrected chi connectivity index (χ0v) is 18.8. The van der Waals surface area contributed by atoms with Crippen LogP contribution in [0.15, 0.2) is 0 Å². The van der Waals surface area contributed by atoms with E-state index < -0.39 is 0 Å². The topological polar surface area (TPSA) is 75.1 Å². The van der Waals surface area contributed by atoms with E-state index in [1.807, 2.05) is 7.11 Å². The SMILES string of the molecule is COC1CCC(C(C)CN2CCN3CCN(C#N)C[C@@H]3C2=O)CC1C1CNN(C)C1. The van der Waals surface area contributed by atoms with E-state index in [9.17, 15) is 10.1 Å². The first-order valence-corrected chi connectivity index (χ1v) is 11.6. The van der Waals surface area contributed by atoms with Crippen LogP contribution in [0, 0.1) is 35.1 Å². The first-order valence-electron chi connectivity index (χ1n) is 11.6. The first kappa shape index (κ1) is 21.8. The van der Waals surface area contributed by atoms with E-state index in [2.05, 4.69) is 40.4 Å². The van der Waals surface area contributed by atoms with Gasteiger partial charge >= 0.3 is 0 Å². The van der Waals surface area contributed by atoms with E-state index in [1.54, 1.807) is 4.90 Å². The van der Waals surface area contributed by atoms with Crippen molar-refractivity contribution in [1.82, 2.24) is 25.1 Å². The Hall–Kier alpha value is -1.40. The van der Waals surface area contributed by atoms with Crippen molar-refractivity contribution in [2.24, 2.45) is 23.7 Å². The fourth-order valence-corrected chi connectivity index (χ4v) is 6.22. The largest absolute Gasteiger partial charge is 0.381 e. The van der Waals surface area contributed by atoms with E-state index in [0.29, 0.717) is 36.3 Å². The minimum absolute atomic E-state index is 0.142. The number of carbonyl (C=O) groups excluding carboxylic acids is 1. The molecule has 3 heterocycles. The van der Waals surface area contributed by atoms with Crippen molar-refractivity contribution in [2.45, 2.75) is 38.3 Å². The normalized spacial score (nSPS) is 37.1. The summed E-state index contributed by atoms with van der Waals surface area (Å²) in [7, 11) is 3.98. The van der Waals surface area contributed by atoms with E-state index in [-0.39, 0.29) is 11.9 Å². The van der Waals surface area contributed by atoms with Crippen LogP contribution in [0.2, 0.25) is 0 Å². The van der Waals surface area contributed by atoms with E-state index in [1.165, 1.54) is 12.8 Å². The van der Waals surface area contributed by atoms with Crippen LogP contribution in [0.3, 0.4) is 0 Å². The molecule has 6 atom stereocenters.